The summed E-state index contributed by atoms with van der Waals surface area (Å²) < 4.78 is 44.9. The molecule has 2 aromatic rings. The Hall–Kier alpha value is -2.42. The van der Waals surface area contributed by atoms with Crippen LogP contribution in [0.3, 0.4) is 0 Å². The molecular formula is C24H31F2N3O3. The second-order valence-corrected chi connectivity index (χ2v) is 8.47. The van der Waals surface area contributed by atoms with Crippen LogP contribution in [0, 0.1) is 17.6 Å². The largest absolute Gasteiger partial charge is 0.496 e. The van der Waals surface area contributed by atoms with Gasteiger partial charge in [-0.25, -0.2) is 8.78 Å². The van der Waals surface area contributed by atoms with Crippen LogP contribution < -0.4 is 25.1 Å². The van der Waals surface area contributed by atoms with Gasteiger partial charge in [0.1, 0.15) is 28.9 Å². The lowest BCUT2D eigenvalue weighted by Gasteiger charge is -2.37. The van der Waals surface area contributed by atoms with E-state index in [1.165, 1.54) is 18.2 Å². The maximum absolute atomic E-state index is 14.5. The smallest absolute Gasteiger partial charge is 0.130 e. The summed E-state index contributed by atoms with van der Waals surface area (Å²) in [7, 11) is 4.90. The van der Waals surface area contributed by atoms with Crippen LogP contribution in [0.1, 0.15) is 29.9 Å². The summed E-state index contributed by atoms with van der Waals surface area (Å²) in [6, 6.07) is 7.47. The monoisotopic (exact) mass is 447 g/mol. The van der Waals surface area contributed by atoms with E-state index in [4.69, 9.17) is 14.2 Å². The molecule has 174 valence electrons. The Morgan fingerprint density at radius 1 is 1.03 bits per heavy atom. The van der Waals surface area contributed by atoms with Crippen molar-refractivity contribution in [3.8, 4) is 17.2 Å². The van der Waals surface area contributed by atoms with Crippen molar-refractivity contribution in [3.63, 3.8) is 0 Å². The number of hydrazine groups is 1. The predicted molar refractivity (Wildman–Crippen MR) is 118 cm³/mol. The number of methoxy groups -OCH3 is 3. The molecule has 4 rings (SSSR count). The Bertz CT molecular complexity index is 918. The molecule has 2 fully saturated rings. The molecule has 3 atom stereocenters. The molecule has 2 aliphatic rings. The number of likely N-dealkylation sites (tertiary alicyclic amines) is 1. The van der Waals surface area contributed by atoms with Crippen LogP contribution in [0.2, 0.25) is 0 Å². The van der Waals surface area contributed by atoms with Crippen molar-refractivity contribution < 1.29 is 23.0 Å². The van der Waals surface area contributed by atoms with Gasteiger partial charge in [0.15, 0.2) is 0 Å². The molecule has 0 amide bonds. The van der Waals surface area contributed by atoms with Gasteiger partial charge in [0.25, 0.3) is 0 Å². The van der Waals surface area contributed by atoms with Crippen molar-refractivity contribution in [1.82, 2.24) is 15.8 Å². The van der Waals surface area contributed by atoms with E-state index in [2.05, 4.69) is 15.8 Å². The summed E-state index contributed by atoms with van der Waals surface area (Å²) in [5, 5.41) is 0. The molecule has 32 heavy (non-hydrogen) atoms. The molecule has 0 aromatic heterocycles. The first kappa shape index (κ1) is 22.8. The van der Waals surface area contributed by atoms with Crippen molar-refractivity contribution in [3.05, 3.63) is 53.1 Å². The van der Waals surface area contributed by atoms with Crippen molar-refractivity contribution in [2.75, 3.05) is 41.0 Å². The normalized spacial score (nSPS) is 23.8. The molecule has 6 nitrogen and oxygen atoms in total. The number of rotatable bonds is 7. The van der Waals surface area contributed by atoms with Gasteiger partial charge in [0.05, 0.1) is 26.9 Å². The van der Waals surface area contributed by atoms with Gasteiger partial charge >= 0.3 is 0 Å². The zero-order valence-electron chi connectivity index (χ0n) is 18.8. The molecule has 2 N–H and O–H groups in total. The zero-order valence-corrected chi connectivity index (χ0v) is 18.8. The first-order valence-corrected chi connectivity index (χ1v) is 11.0. The van der Waals surface area contributed by atoms with Crippen LogP contribution in [0.25, 0.3) is 0 Å². The minimum Gasteiger partial charge on any atom is -0.496 e. The van der Waals surface area contributed by atoms with Gasteiger partial charge < -0.3 is 14.2 Å². The number of nitrogens with zero attached hydrogens (tertiary/aromatic N) is 1. The van der Waals surface area contributed by atoms with E-state index in [-0.39, 0.29) is 17.8 Å². The zero-order chi connectivity index (χ0) is 22.7. The van der Waals surface area contributed by atoms with Gasteiger partial charge in [0.2, 0.25) is 0 Å². The summed E-state index contributed by atoms with van der Waals surface area (Å²) >= 11 is 0. The number of hydrogen-bond acceptors (Lipinski definition) is 6. The third-order valence-corrected chi connectivity index (χ3v) is 6.63. The van der Waals surface area contributed by atoms with E-state index >= 15 is 0 Å². The predicted octanol–water partition coefficient (Wildman–Crippen LogP) is 3.46. The highest BCUT2D eigenvalue weighted by molar-refractivity contribution is 5.50. The molecule has 2 saturated heterocycles. The first-order chi connectivity index (χ1) is 15.5. The number of ether oxygens (including phenoxy) is 3. The average Bonchev–Trinajstić information content (AvgIpc) is 3.30. The average molecular weight is 448 g/mol. The third kappa shape index (κ3) is 4.67. The van der Waals surface area contributed by atoms with Gasteiger partial charge in [-0.1, -0.05) is 0 Å². The van der Waals surface area contributed by atoms with Gasteiger partial charge in [-0.05, 0) is 49.1 Å². The third-order valence-electron chi connectivity index (χ3n) is 6.63. The molecule has 8 heteroatoms. The number of halogens is 2. The number of hydrogen-bond donors (Lipinski definition) is 2. The van der Waals surface area contributed by atoms with Crippen molar-refractivity contribution in [1.29, 1.82) is 0 Å². The van der Waals surface area contributed by atoms with E-state index in [1.807, 2.05) is 12.1 Å². The summed E-state index contributed by atoms with van der Waals surface area (Å²) in [5.41, 5.74) is 7.91. The van der Waals surface area contributed by atoms with Gasteiger partial charge in [-0.3, -0.25) is 15.8 Å². The standard InChI is InChI=1S/C24H31F2N3O3/c1-30-17-10-22(31-2)20(23(11-17)32-3)14-29-8-4-5-15(13-29)24-19(12-27-28-24)18-9-16(25)6-7-21(18)26/h6-7,9-11,15,19,24,27-28H,4-5,8,12-14H2,1-3H3. The van der Waals surface area contributed by atoms with Crippen LogP contribution in [0.5, 0.6) is 17.2 Å². The first-order valence-electron chi connectivity index (χ1n) is 11.0. The van der Waals surface area contributed by atoms with Crippen molar-refractivity contribution in [2.24, 2.45) is 5.92 Å². The minimum atomic E-state index is -0.406. The fourth-order valence-electron chi connectivity index (χ4n) is 5.05. The summed E-state index contributed by atoms with van der Waals surface area (Å²) in [6.07, 6.45) is 2.06. The maximum Gasteiger partial charge on any atom is 0.130 e. The lowest BCUT2D eigenvalue weighted by molar-refractivity contribution is 0.137. The molecule has 2 aromatic carbocycles. The van der Waals surface area contributed by atoms with Crippen LogP contribution in [0.15, 0.2) is 30.3 Å². The van der Waals surface area contributed by atoms with Crippen molar-refractivity contribution in [2.45, 2.75) is 31.3 Å². The number of piperidine rings is 1. The highest BCUT2D eigenvalue weighted by atomic mass is 19.1. The Balaban J connectivity index is 1.52. The van der Waals surface area contributed by atoms with Crippen LogP contribution in [0.4, 0.5) is 8.78 Å². The number of nitrogens with one attached hydrogen (secondary N) is 2. The van der Waals surface area contributed by atoms with Gasteiger partial charge in [-0.15, -0.1) is 0 Å². The molecule has 0 bridgehead atoms. The molecule has 2 heterocycles. The van der Waals surface area contributed by atoms with Crippen LogP contribution in [-0.4, -0.2) is 51.9 Å². The van der Waals surface area contributed by atoms with Crippen LogP contribution >= 0.6 is 0 Å². The minimum absolute atomic E-state index is 0.0220. The fourth-order valence-corrected chi connectivity index (χ4v) is 5.05. The molecular weight excluding hydrogens is 416 g/mol. The highest BCUT2D eigenvalue weighted by Crippen LogP contribution is 2.37. The summed E-state index contributed by atoms with van der Waals surface area (Å²) in [6.45, 7) is 3.03. The molecule has 0 saturated carbocycles. The van der Waals surface area contributed by atoms with E-state index in [0.717, 1.165) is 43.0 Å². The quantitative estimate of drug-likeness (QED) is 0.678. The molecule has 0 aliphatic carbocycles. The van der Waals surface area contributed by atoms with Gasteiger partial charge in [0, 0.05) is 43.7 Å². The molecule has 0 radical (unpaired) electrons. The van der Waals surface area contributed by atoms with E-state index in [9.17, 15) is 8.78 Å². The van der Waals surface area contributed by atoms with E-state index < -0.39 is 5.82 Å². The summed E-state index contributed by atoms with van der Waals surface area (Å²) in [4.78, 5) is 2.38. The fraction of sp³-hybridized carbons (Fsp3) is 0.500. The Labute approximate surface area is 187 Å². The molecule has 2 aliphatic heterocycles. The lowest BCUT2D eigenvalue weighted by Crippen LogP contribution is -2.46. The summed E-state index contributed by atoms with van der Waals surface area (Å²) in [5.74, 6) is 1.54. The van der Waals surface area contributed by atoms with E-state index in [0.29, 0.717) is 30.3 Å². The topological polar surface area (TPSA) is 55.0 Å². The Kier molecular flexibility index (Phi) is 7.13. The lowest BCUT2D eigenvalue weighted by atomic mass is 9.81. The Morgan fingerprint density at radius 2 is 1.78 bits per heavy atom. The molecule has 0 spiro atoms. The number of benzene rings is 2. The highest BCUT2D eigenvalue weighted by Gasteiger charge is 2.38. The Morgan fingerprint density at radius 3 is 2.47 bits per heavy atom. The van der Waals surface area contributed by atoms with Crippen molar-refractivity contribution >= 4 is 0 Å². The van der Waals surface area contributed by atoms with Crippen LogP contribution in [-0.2, 0) is 6.54 Å². The van der Waals surface area contributed by atoms with E-state index in [1.54, 1.807) is 21.3 Å². The second-order valence-electron chi connectivity index (χ2n) is 8.47. The SMILES string of the molecule is COc1cc(OC)c(CN2CCCC(C3NNCC3c3cc(F)ccc3F)C2)c(OC)c1. The molecule has 3 unspecified atom stereocenters. The van der Waals surface area contributed by atoms with Gasteiger partial charge in [-0.2, -0.15) is 0 Å². The maximum atomic E-state index is 14.5. The second kappa shape index (κ2) is 10.0.